The van der Waals surface area contributed by atoms with Gasteiger partial charge in [0, 0.05) is 6.20 Å². The molecule has 0 atom stereocenters. The Morgan fingerprint density at radius 3 is 2.64 bits per heavy atom. The van der Waals surface area contributed by atoms with E-state index in [1.807, 2.05) is 30.3 Å². The van der Waals surface area contributed by atoms with Crippen LogP contribution in [0.3, 0.4) is 0 Å². The minimum atomic E-state index is -0.853. The number of pyridine rings is 1. The largest absolute Gasteiger partial charge is 0.481 e. The topological polar surface area (TPSA) is 127 Å². The highest BCUT2D eigenvalue weighted by molar-refractivity contribution is 7.26. The molecule has 11 heteroatoms. The number of carbonyl (C=O) groups excluding carboxylic acids is 1. The van der Waals surface area contributed by atoms with Crippen LogP contribution in [0.15, 0.2) is 53.1 Å². The molecule has 0 saturated heterocycles. The van der Waals surface area contributed by atoms with Gasteiger partial charge in [-0.05, 0) is 42.4 Å². The van der Waals surface area contributed by atoms with E-state index in [1.54, 1.807) is 18.3 Å². The molecule has 5 aromatic rings. The van der Waals surface area contributed by atoms with Crippen molar-refractivity contribution in [3.8, 4) is 11.8 Å². The molecule has 36 heavy (non-hydrogen) atoms. The highest BCUT2D eigenvalue weighted by Crippen LogP contribution is 2.50. The molecule has 1 aromatic carbocycles. The molecule has 9 nitrogen and oxygen atoms in total. The molecule has 0 spiro atoms. The average Bonchev–Trinajstić information content (AvgIpc) is 3.32. The molecule has 4 aromatic heterocycles. The molecule has 178 valence electrons. The van der Waals surface area contributed by atoms with E-state index in [1.165, 1.54) is 22.7 Å². The molecule has 0 radical (unpaired) electrons. The molecule has 4 heterocycles. The number of anilines is 1. The molecule has 0 aliphatic heterocycles. The number of nitrogens with one attached hydrogen (secondary N) is 1. The summed E-state index contributed by atoms with van der Waals surface area (Å²) in [5, 5.41) is 13.9. The molecule has 2 N–H and O–H groups in total. The number of hydrogen-bond donors (Lipinski definition) is 2. The maximum atomic E-state index is 12.5. The van der Waals surface area contributed by atoms with Crippen LogP contribution in [0.2, 0.25) is 0 Å². The first-order valence-electron chi connectivity index (χ1n) is 10.9. The van der Waals surface area contributed by atoms with Crippen molar-refractivity contribution in [1.29, 1.82) is 0 Å². The van der Waals surface area contributed by atoms with Gasteiger partial charge in [-0.3, -0.25) is 10.1 Å². The van der Waals surface area contributed by atoms with Gasteiger partial charge in [0.05, 0.1) is 5.39 Å². The third-order valence-corrected chi connectivity index (χ3v) is 7.88. The Kier molecular flexibility index (Phi) is 5.40. The van der Waals surface area contributed by atoms with Gasteiger partial charge in [0.15, 0.2) is 14.7 Å². The van der Waals surface area contributed by atoms with Crippen LogP contribution in [-0.2, 0) is 21.6 Å². The first-order valence-corrected chi connectivity index (χ1v) is 12.5. The van der Waals surface area contributed by atoms with E-state index < -0.39 is 17.5 Å². The van der Waals surface area contributed by atoms with Gasteiger partial charge >= 0.3 is 12.1 Å². The van der Waals surface area contributed by atoms with Crippen molar-refractivity contribution >= 4 is 61.2 Å². The van der Waals surface area contributed by atoms with Gasteiger partial charge in [0.25, 0.3) is 0 Å². The third kappa shape index (κ3) is 4.06. The monoisotopic (exact) mass is 516 g/mol. The number of furan rings is 1. The molecule has 1 fully saturated rings. The number of nitrogens with zero attached hydrogens (tertiary/aromatic N) is 3. The molecule has 6 rings (SSSR count). The maximum absolute atomic E-state index is 12.5. The van der Waals surface area contributed by atoms with Crippen molar-refractivity contribution in [2.45, 2.75) is 24.9 Å². The van der Waals surface area contributed by atoms with Crippen LogP contribution in [-0.4, -0.2) is 32.1 Å². The van der Waals surface area contributed by atoms with Crippen LogP contribution in [0.5, 0.6) is 0 Å². The number of carbonyl (C=O) groups is 2. The summed E-state index contributed by atoms with van der Waals surface area (Å²) in [7, 11) is 0. The molecule has 1 aliphatic rings. The zero-order chi connectivity index (χ0) is 24.7. The predicted octanol–water partition coefficient (Wildman–Crippen LogP) is 5.16. The standard InChI is InChI=1S/C25H16N4O5S2/c30-23(31)25(10-11-25)22-29-21-20(36-22)27-17(35-21)9-8-16-18(15-7-4-12-26-19(15)34-16)28-24(32)33-13-14-5-2-1-3-6-14/h1-7,12H,10-11,13H2,(H,28,32)(H,30,31). The second kappa shape index (κ2) is 8.75. The van der Waals surface area contributed by atoms with Crippen molar-refractivity contribution < 1.29 is 23.8 Å². The molecule has 1 saturated carbocycles. The van der Waals surface area contributed by atoms with Gasteiger partial charge in [-0.1, -0.05) is 53.0 Å². The Labute approximate surface area is 211 Å². The maximum Gasteiger partial charge on any atom is 0.412 e. The van der Waals surface area contributed by atoms with Crippen molar-refractivity contribution in [2.75, 3.05) is 5.32 Å². The van der Waals surface area contributed by atoms with E-state index in [4.69, 9.17) is 9.15 Å². The van der Waals surface area contributed by atoms with Crippen LogP contribution in [0, 0.1) is 11.8 Å². The predicted molar refractivity (Wildman–Crippen MR) is 134 cm³/mol. The fourth-order valence-electron chi connectivity index (χ4n) is 3.66. The van der Waals surface area contributed by atoms with Crippen molar-refractivity contribution in [3.63, 3.8) is 0 Å². The quantitative estimate of drug-likeness (QED) is 0.307. The molecule has 1 aliphatic carbocycles. The van der Waals surface area contributed by atoms with Gasteiger partial charge in [0.2, 0.25) is 11.5 Å². The third-order valence-electron chi connectivity index (χ3n) is 5.73. The minimum Gasteiger partial charge on any atom is -0.481 e. The lowest BCUT2D eigenvalue weighted by Gasteiger charge is -2.06. The Balaban J connectivity index is 1.25. The number of carboxylic acid groups (broad SMARTS) is 1. The highest BCUT2D eigenvalue weighted by atomic mass is 32.1. The average molecular weight is 517 g/mol. The van der Waals surface area contributed by atoms with Gasteiger partial charge < -0.3 is 14.3 Å². The number of carboxylic acids is 1. The van der Waals surface area contributed by atoms with Gasteiger partial charge in [0.1, 0.15) is 22.7 Å². The van der Waals surface area contributed by atoms with Crippen LogP contribution in [0.4, 0.5) is 10.5 Å². The lowest BCUT2D eigenvalue weighted by molar-refractivity contribution is -0.140. The first kappa shape index (κ1) is 22.2. The van der Waals surface area contributed by atoms with E-state index in [0.717, 1.165) is 5.56 Å². The Bertz CT molecular complexity index is 1660. The number of fused-ring (bicyclic) bond motifs is 2. The minimum absolute atomic E-state index is 0.121. The number of amides is 1. The van der Waals surface area contributed by atoms with Gasteiger partial charge in [-0.15, -0.1) is 0 Å². The number of thiazole rings is 2. The van der Waals surface area contributed by atoms with E-state index >= 15 is 0 Å². The van der Waals surface area contributed by atoms with Crippen molar-refractivity contribution in [2.24, 2.45) is 0 Å². The molecular weight excluding hydrogens is 500 g/mol. The summed E-state index contributed by atoms with van der Waals surface area (Å²) in [6.45, 7) is 0.121. The van der Waals surface area contributed by atoms with Crippen LogP contribution >= 0.6 is 22.7 Å². The summed E-state index contributed by atoms with van der Waals surface area (Å²) in [5.41, 5.74) is 0.700. The number of rotatable bonds is 5. The van der Waals surface area contributed by atoms with Crippen molar-refractivity contribution in [1.82, 2.24) is 15.0 Å². The van der Waals surface area contributed by atoms with Crippen LogP contribution < -0.4 is 5.32 Å². The van der Waals surface area contributed by atoms with E-state index in [2.05, 4.69) is 32.1 Å². The Morgan fingerprint density at radius 2 is 1.89 bits per heavy atom. The molecular formula is C25H16N4O5S2. The Morgan fingerprint density at radius 1 is 1.08 bits per heavy atom. The highest BCUT2D eigenvalue weighted by Gasteiger charge is 2.54. The number of benzene rings is 1. The molecule has 0 unspecified atom stereocenters. The summed E-state index contributed by atoms with van der Waals surface area (Å²) in [5.74, 6) is 5.26. The zero-order valence-corrected chi connectivity index (χ0v) is 20.1. The Hall–Kier alpha value is -4.27. The fraction of sp³-hybridized carbons (Fsp3) is 0.160. The van der Waals surface area contributed by atoms with Crippen LogP contribution in [0.25, 0.3) is 20.8 Å². The SMILES string of the molecule is O=C(Nc1c(C#Cc2nc3sc(C4(C(=O)O)CC4)nc3s2)oc2ncccc12)OCc1ccccc1. The number of ether oxygens (including phenoxy) is 1. The normalized spacial score (nSPS) is 13.8. The molecule has 0 bridgehead atoms. The zero-order valence-electron chi connectivity index (χ0n) is 18.5. The fourth-order valence-corrected chi connectivity index (χ4v) is 5.79. The van der Waals surface area contributed by atoms with E-state index in [9.17, 15) is 14.7 Å². The first-order chi connectivity index (χ1) is 17.5. The van der Waals surface area contributed by atoms with Crippen LogP contribution in [0.1, 0.15) is 34.2 Å². The summed E-state index contributed by atoms with van der Waals surface area (Å²) >= 11 is 2.57. The van der Waals surface area contributed by atoms with Gasteiger partial charge in [-0.25, -0.2) is 19.7 Å². The summed E-state index contributed by atoms with van der Waals surface area (Å²) < 4.78 is 11.1. The van der Waals surface area contributed by atoms with E-state index in [0.29, 0.717) is 49.3 Å². The number of hydrogen-bond acceptors (Lipinski definition) is 9. The molecule has 1 amide bonds. The number of aliphatic carboxylic acids is 1. The second-order valence-electron chi connectivity index (χ2n) is 8.13. The summed E-state index contributed by atoms with van der Waals surface area (Å²) in [6, 6.07) is 12.9. The van der Waals surface area contributed by atoms with E-state index in [-0.39, 0.29) is 12.4 Å². The summed E-state index contributed by atoms with van der Waals surface area (Å²) in [4.78, 5) is 38.6. The lowest BCUT2D eigenvalue weighted by Crippen LogP contribution is -2.18. The summed E-state index contributed by atoms with van der Waals surface area (Å²) in [6.07, 6.45) is 2.13. The second-order valence-corrected chi connectivity index (χ2v) is 10.1. The van der Waals surface area contributed by atoms with Gasteiger partial charge in [-0.2, -0.15) is 0 Å². The smallest absolute Gasteiger partial charge is 0.412 e. The lowest BCUT2D eigenvalue weighted by atomic mass is 10.1. The van der Waals surface area contributed by atoms with Crippen molar-refractivity contribution in [3.05, 3.63) is 70.0 Å². The number of aromatic nitrogens is 3.